The van der Waals surface area contributed by atoms with E-state index in [1.54, 1.807) is 44.2 Å². The number of amides is 2. The number of benzene rings is 3. The smallest absolute Gasteiger partial charge is 0.336 e. The van der Waals surface area contributed by atoms with Gasteiger partial charge in [-0.25, -0.2) is 10.2 Å². The van der Waals surface area contributed by atoms with Crippen molar-refractivity contribution in [2.24, 2.45) is 11.0 Å². The lowest BCUT2D eigenvalue weighted by Crippen LogP contribution is -2.19. The number of carbonyl (C=O) groups excluding carboxylic acids is 3. The van der Waals surface area contributed by atoms with E-state index in [1.165, 1.54) is 48.7 Å². The Morgan fingerprint density at radius 3 is 2.47 bits per heavy atom. The first-order valence-electron chi connectivity index (χ1n) is 11.3. The standard InChI is InChI=1S/C27H23ClN4O6/c1-17(2)26(34)30-22-10-7-19(8-11-22)27(35)31-29-16-20-15-21(28)9-12-24(20)38-25(33)13-6-18-4-3-5-23(14-18)32(36)37/h3-17H,1-2H3,(H,30,34)(H,31,35)/b13-6+,29-16+. The minimum atomic E-state index is -0.734. The molecule has 0 aliphatic rings. The summed E-state index contributed by atoms with van der Waals surface area (Å²) < 4.78 is 5.35. The molecule has 0 aromatic heterocycles. The summed E-state index contributed by atoms with van der Waals surface area (Å²) in [5.41, 5.74) is 3.92. The van der Waals surface area contributed by atoms with Crippen LogP contribution in [0.4, 0.5) is 11.4 Å². The maximum absolute atomic E-state index is 12.4. The van der Waals surface area contributed by atoms with Crippen LogP contribution in [0.2, 0.25) is 5.02 Å². The van der Waals surface area contributed by atoms with Crippen molar-refractivity contribution < 1.29 is 24.0 Å². The van der Waals surface area contributed by atoms with Gasteiger partial charge in [0.15, 0.2) is 0 Å². The van der Waals surface area contributed by atoms with Gasteiger partial charge < -0.3 is 10.1 Å². The molecule has 0 bridgehead atoms. The van der Waals surface area contributed by atoms with Gasteiger partial charge in [0.25, 0.3) is 11.6 Å². The fourth-order valence-corrected chi connectivity index (χ4v) is 3.16. The normalized spacial score (nSPS) is 11.1. The van der Waals surface area contributed by atoms with Crippen LogP contribution in [0.15, 0.2) is 77.9 Å². The summed E-state index contributed by atoms with van der Waals surface area (Å²) in [5, 5.41) is 17.9. The molecule has 3 aromatic carbocycles. The maximum atomic E-state index is 12.4. The summed E-state index contributed by atoms with van der Waals surface area (Å²) in [6.45, 7) is 3.55. The number of rotatable bonds is 9. The third-order valence-corrected chi connectivity index (χ3v) is 5.22. The van der Waals surface area contributed by atoms with Crippen LogP contribution in [-0.4, -0.2) is 28.9 Å². The van der Waals surface area contributed by atoms with E-state index in [0.29, 0.717) is 27.4 Å². The van der Waals surface area contributed by atoms with E-state index in [9.17, 15) is 24.5 Å². The largest absolute Gasteiger partial charge is 0.423 e. The molecule has 194 valence electrons. The molecule has 0 spiro atoms. The zero-order valence-corrected chi connectivity index (χ0v) is 21.1. The molecule has 0 heterocycles. The Morgan fingerprint density at radius 1 is 1.05 bits per heavy atom. The van der Waals surface area contributed by atoms with Crippen molar-refractivity contribution in [2.75, 3.05) is 5.32 Å². The number of hydrogen-bond acceptors (Lipinski definition) is 7. The quantitative estimate of drug-likeness (QED) is 0.0962. The molecule has 0 atom stereocenters. The molecule has 0 fully saturated rings. The molecule has 3 aromatic rings. The zero-order valence-electron chi connectivity index (χ0n) is 20.4. The minimum Gasteiger partial charge on any atom is -0.423 e. The summed E-state index contributed by atoms with van der Waals surface area (Å²) in [5.74, 6) is -1.41. The number of ether oxygens (including phenoxy) is 1. The molecular formula is C27H23ClN4O6. The van der Waals surface area contributed by atoms with Crippen molar-refractivity contribution in [3.63, 3.8) is 0 Å². The number of anilines is 1. The summed E-state index contributed by atoms with van der Waals surface area (Å²) in [6.07, 6.45) is 3.79. The van der Waals surface area contributed by atoms with E-state index in [0.717, 1.165) is 6.08 Å². The second-order valence-electron chi connectivity index (χ2n) is 8.21. The fraction of sp³-hybridized carbons (Fsp3) is 0.111. The van der Waals surface area contributed by atoms with Crippen molar-refractivity contribution in [2.45, 2.75) is 13.8 Å². The highest BCUT2D eigenvalue weighted by atomic mass is 35.5. The molecular weight excluding hydrogens is 512 g/mol. The van der Waals surface area contributed by atoms with Gasteiger partial charge in [-0.2, -0.15) is 5.10 Å². The highest BCUT2D eigenvalue weighted by Gasteiger charge is 2.10. The van der Waals surface area contributed by atoms with Crippen LogP contribution in [-0.2, 0) is 9.59 Å². The van der Waals surface area contributed by atoms with Gasteiger partial charge in [-0.3, -0.25) is 19.7 Å². The topological polar surface area (TPSA) is 140 Å². The van der Waals surface area contributed by atoms with Gasteiger partial charge in [0, 0.05) is 46.0 Å². The summed E-state index contributed by atoms with van der Waals surface area (Å²) in [4.78, 5) is 46.9. The van der Waals surface area contributed by atoms with Crippen molar-refractivity contribution >= 4 is 53.0 Å². The molecule has 0 saturated heterocycles. The number of nitrogens with one attached hydrogen (secondary N) is 2. The average molecular weight is 535 g/mol. The molecule has 3 rings (SSSR count). The number of carbonyl (C=O) groups is 3. The molecule has 10 nitrogen and oxygen atoms in total. The van der Waals surface area contributed by atoms with Gasteiger partial charge in [-0.15, -0.1) is 0 Å². The number of esters is 1. The van der Waals surface area contributed by atoms with Crippen LogP contribution in [0.5, 0.6) is 5.75 Å². The Balaban J connectivity index is 1.64. The molecule has 0 aliphatic carbocycles. The Hall–Kier alpha value is -4.83. The Kier molecular flexibility index (Phi) is 9.44. The predicted octanol–water partition coefficient (Wildman–Crippen LogP) is 5.23. The molecule has 0 saturated carbocycles. The SMILES string of the molecule is CC(C)C(=O)Nc1ccc(C(=O)N/N=C/c2cc(Cl)ccc2OC(=O)/C=C/c2cccc([N+](=O)[O-])c2)cc1. The lowest BCUT2D eigenvalue weighted by Gasteiger charge is -2.08. The molecule has 2 N–H and O–H groups in total. The second-order valence-corrected chi connectivity index (χ2v) is 8.65. The number of nitro groups is 1. The van der Waals surface area contributed by atoms with Crippen LogP contribution >= 0.6 is 11.6 Å². The first-order chi connectivity index (χ1) is 18.1. The number of hydrazone groups is 1. The van der Waals surface area contributed by atoms with Crippen LogP contribution < -0.4 is 15.5 Å². The van der Waals surface area contributed by atoms with Crippen LogP contribution in [0.3, 0.4) is 0 Å². The van der Waals surface area contributed by atoms with E-state index >= 15 is 0 Å². The number of non-ortho nitro benzene ring substituents is 1. The number of halogens is 1. The summed E-state index contributed by atoms with van der Waals surface area (Å²) in [7, 11) is 0. The van der Waals surface area contributed by atoms with E-state index < -0.39 is 16.8 Å². The van der Waals surface area contributed by atoms with Gasteiger partial charge in [-0.05, 0) is 54.1 Å². The lowest BCUT2D eigenvalue weighted by molar-refractivity contribution is -0.384. The molecule has 11 heteroatoms. The molecule has 0 aliphatic heterocycles. The molecule has 0 unspecified atom stereocenters. The average Bonchev–Trinajstić information content (AvgIpc) is 2.89. The first kappa shape index (κ1) is 27.8. The monoisotopic (exact) mass is 534 g/mol. The van der Waals surface area contributed by atoms with Crippen molar-refractivity contribution in [3.8, 4) is 5.75 Å². The number of nitrogens with zero attached hydrogens (tertiary/aromatic N) is 2. The highest BCUT2D eigenvalue weighted by Crippen LogP contribution is 2.22. The molecule has 0 radical (unpaired) electrons. The van der Waals surface area contributed by atoms with Crippen LogP contribution in [0.25, 0.3) is 6.08 Å². The Morgan fingerprint density at radius 2 is 1.79 bits per heavy atom. The Labute approximate surface area is 223 Å². The molecule has 2 amide bonds. The van der Waals surface area contributed by atoms with Crippen molar-refractivity contribution in [1.29, 1.82) is 0 Å². The second kappa shape index (κ2) is 12.9. The van der Waals surface area contributed by atoms with Crippen LogP contribution in [0.1, 0.15) is 35.3 Å². The maximum Gasteiger partial charge on any atom is 0.336 e. The highest BCUT2D eigenvalue weighted by molar-refractivity contribution is 6.31. The van der Waals surface area contributed by atoms with Gasteiger partial charge in [-0.1, -0.05) is 37.6 Å². The van der Waals surface area contributed by atoms with Crippen molar-refractivity contribution in [1.82, 2.24) is 5.43 Å². The van der Waals surface area contributed by atoms with E-state index in [-0.39, 0.29) is 23.3 Å². The van der Waals surface area contributed by atoms with E-state index in [4.69, 9.17) is 16.3 Å². The summed E-state index contributed by atoms with van der Waals surface area (Å²) in [6, 6.07) is 16.6. The van der Waals surface area contributed by atoms with Gasteiger partial charge >= 0.3 is 5.97 Å². The molecule has 38 heavy (non-hydrogen) atoms. The van der Waals surface area contributed by atoms with Gasteiger partial charge in [0.2, 0.25) is 5.91 Å². The number of hydrogen-bond donors (Lipinski definition) is 2. The first-order valence-corrected chi connectivity index (χ1v) is 11.7. The lowest BCUT2D eigenvalue weighted by atomic mass is 10.1. The van der Waals surface area contributed by atoms with E-state index in [2.05, 4.69) is 15.8 Å². The summed E-state index contributed by atoms with van der Waals surface area (Å²) >= 11 is 6.05. The third-order valence-electron chi connectivity index (χ3n) is 4.98. The zero-order chi connectivity index (χ0) is 27.7. The predicted molar refractivity (Wildman–Crippen MR) is 144 cm³/mol. The minimum absolute atomic E-state index is 0.104. The van der Waals surface area contributed by atoms with Gasteiger partial charge in [0.1, 0.15) is 5.75 Å². The van der Waals surface area contributed by atoms with Crippen LogP contribution in [0, 0.1) is 16.0 Å². The van der Waals surface area contributed by atoms with Crippen molar-refractivity contribution in [3.05, 3.63) is 105 Å². The number of nitro benzene ring substituents is 1. The Bertz CT molecular complexity index is 1420. The fourth-order valence-electron chi connectivity index (χ4n) is 2.98. The van der Waals surface area contributed by atoms with Gasteiger partial charge in [0.05, 0.1) is 11.1 Å². The third kappa shape index (κ3) is 8.10. The van der Waals surface area contributed by atoms with E-state index in [1.807, 2.05) is 0 Å².